The van der Waals surface area contributed by atoms with E-state index in [4.69, 9.17) is 5.84 Å². The number of aromatic nitrogens is 2. The van der Waals surface area contributed by atoms with Crippen LogP contribution in [0.1, 0.15) is 25.2 Å². The first kappa shape index (κ1) is 14.1. The molecule has 1 atom stereocenters. The first-order valence-electron chi connectivity index (χ1n) is 6.50. The number of thioether (sulfide) groups is 1. The Bertz CT molecular complexity index is 483. The van der Waals surface area contributed by atoms with Crippen molar-refractivity contribution in [2.24, 2.45) is 5.84 Å². The van der Waals surface area contributed by atoms with Crippen molar-refractivity contribution in [1.82, 2.24) is 15.0 Å². The lowest BCUT2D eigenvalue weighted by molar-refractivity contribution is 0.528. The molecule has 0 aliphatic rings. The minimum atomic E-state index is 0.0618. The summed E-state index contributed by atoms with van der Waals surface area (Å²) in [4.78, 5) is 5.67. The van der Waals surface area contributed by atoms with Gasteiger partial charge in [0.1, 0.15) is 5.82 Å². The van der Waals surface area contributed by atoms with Crippen LogP contribution in [0.4, 0.5) is 0 Å². The second kappa shape index (κ2) is 7.33. The lowest BCUT2D eigenvalue weighted by Crippen LogP contribution is -2.32. The zero-order valence-corrected chi connectivity index (χ0v) is 11.9. The minimum Gasteiger partial charge on any atom is -0.334 e. The molecule has 0 aliphatic heterocycles. The monoisotopic (exact) mass is 276 g/mol. The maximum Gasteiger partial charge on any atom is 0.128 e. The molecule has 3 N–H and O–H groups in total. The van der Waals surface area contributed by atoms with Gasteiger partial charge in [0.05, 0.1) is 6.04 Å². The van der Waals surface area contributed by atoms with Crippen molar-refractivity contribution in [1.29, 1.82) is 0 Å². The summed E-state index contributed by atoms with van der Waals surface area (Å²) in [6, 6.07) is 10.4. The molecule has 0 saturated heterocycles. The lowest BCUT2D eigenvalue weighted by Gasteiger charge is -2.16. The fourth-order valence-electron chi connectivity index (χ4n) is 1.95. The minimum absolute atomic E-state index is 0.0618. The van der Waals surface area contributed by atoms with Gasteiger partial charge < -0.3 is 4.57 Å². The molecule has 2 rings (SSSR count). The van der Waals surface area contributed by atoms with Gasteiger partial charge in [-0.05, 0) is 18.6 Å². The van der Waals surface area contributed by atoms with E-state index in [9.17, 15) is 0 Å². The summed E-state index contributed by atoms with van der Waals surface area (Å²) >= 11 is 1.78. The van der Waals surface area contributed by atoms with Crippen molar-refractivity contribution in [2.45, 2.75) is 30.8 Å². The number of benzene rings is 1. The molecule has 102 valence electrons. The van der Waals surface area contributed by atoms with Crippen LogP contribution in [0.25, 0.3) is 0 Å². The predicted octanol–water partition coefficient (Wildman–Crippen LogP) is 2.59. The maximum absolute atomic E-state index is 5.68. The molecule has 0 saturated carbocycles. The molecule has 0 bridgehead atoms. The van der Waals surface area contributed by atoms with Gasteiger partial charge in [0.2, 0.25) is 0 Å². The molecule has 19 heavy (non-hydrogen) atoms. The number of hydrogen-bond donors (Lipinski definition) is 2. The molecule has 0 radical (unpaired) electrons. The molecular formula is C14H20N4S. The van der Waals surface area contributed by atoms with E-state index in [0.717, 1.165) is 24.5 Å². The van der Waals surface area contributed by atoms with Gasteiger partial charge in [-0.2, -0.15) is 0 Å². The highest BCUT2D eigenvalue weighted by molar-refractivity contribution is 7.99. The third kappa shape index (κ3) is 3.83. The van der Waals surface area contributed by atoms with Crippen molar-refractivity contribution < 1.29 is 0 Å². The van der Waals surface area contributed by atoms with Crippen LogP contribution >= 0.6 is 11.8 Å². The van der Waals surface area contributed by atoms with Crippen molar-refractivity contribution >= 4 is 11.8 Å². The van der Waals surface area contributed by atoms with Crippen LogP contribution in [0, 0.1) is 0 Å². The Balaban J connectivity index is 2.01. The number of hydrogen-bond acceptors (Lipinski definition) is 4. The maximum atomic E-state index is 5.68. The van der Waals surface area contributed by atoms with E-state index in [1.807, 2.05) is 30.6 Å². The Morgan fingerprint density at radius 3 is 2.84 bits per heavy atom. The van der Waals surface area contributed by atoms with E-state index in [1.54, 1.807) is 11.8 Å². The summed E-state index contributed by atoms with van der Waals surface area (Å²) in [6.45, 7) is 3.14. The number of rotatable bonds is 7. The van der Waals surface area contributed by atoms with Gasteiger partial charge in [0.15, 0.2) is 0 Å². The van der Waals surface area contributed by atoms with E-state index in [1.165, 1.54) is 4.90 Å². The highest BCUT2D eigenvalue weighted by Crippen LogP contribution is 2.23. The number of nitrogens with zero attached hydrogens (tertiary/aromatic N) is 2. The second-order valence-electron chi connectivity index (χ2n) is 4.32. The van der Waals surface area contributed by atoms with Gasteiger partial charge in [0, 0.05) is 29.6 Å². The third-order valence-electron chi connectivity index (χ3n) is 2.88. The van der Waals surface area contributed by atoms with Crippen LogP contribution in [0.2, 0.25) is 0 Å². The molecule has 0 amide bonds. The zero-order valence-electron chi connectivity index (χ0n) is 11.1. The number of imidazole rings is 1. The Morgan fingerprint density at radius 2 is 2.16 bits per heavy atom. The van der Waals surface area contributed by atoms with Gasteiger partial charge in [-0.1, -0.05) is 25.1 Å². The summed E-state index contributed by atoms with van der Waals surface area (Å²) in [5, 5.41) is 0. The van der Waals surface area contributed by atoms with Crippen molar-refractivity contribution in [3.63, 3.8) is 0 Å². The summed E-state index contributed by atoms with van der Waals surface area (Å²) in [5.74, 6) is 7.55. The largest absolute Gasteiger partial charge is 0.334 e. The molecule has 0 spiro atoms. The molecular weight excluding hydrogens is 256 g/mol. The molecule has 1 aromatic carbocycles. The molecule has 0 aliphatic carbocycles. The summed E-state index contributed by atoms with van der Waals surface area (Å²) in [5.41, 5.74) is 2.87. The number of aryl methyl sites for hydroxylation is 1. The Labute approximate surface area is 118 Å². The fourth-order valence-corrected chi connectivity index (χ4v) is 2.91. The van der Waals surface area contributed by atoms with E-state index in [0.29, 0.717) is 0 Å². The van der Waals surface area contributed by atoms with E-state index >= 15 is 0 Å². The zero-order chi connectivity index (χ0) is 13.5. The number of nitrogens with one attached hydrogen (secondary N) is 1. The normalized spacial score (nSPS) is 12.5. The average molecular weight is 276 g/mol. The molecule has 1 heterocycles. The van der Waals surface area contributed by atoms with Crippen LogP contribution in [-0.4, -0.2) is 15.3 Å². The predicted molar refractivity (Wildman–Crippen MR) is 79.7 cm³/mol. The van der Waals surface area contributed by atoms with Gasteiger partial charge in [-0.25, -0.2) is 10.4 Å². The van der Waals surface area contributed by atoms with Gasteiger partial charge in [0.25, 0.3) is 0 Å². The standard InChI is InChI=1S/C14H20N4S/c1-2-9-18-10-8-16-14(18)13(17-15)11-19-12-6-4-3-5-7-12/h3-8,10,13,17H,2,9,11,15H2,1H3. The quantitative estimate of drug-likeness (QED) is 0.464. The number of hydrazine groups is 1. The van der Waals surface area contributed by atoms with Gasteiger partial charge in [-0.3, -0.25) is 5.84 Å². The Kier molecular flexibility index (Phi) is 5.44. The SMILES string of the molecule is CCCn1ccnc1C(CSc1ccccc1)NN. The molecule has 1 aromatic heterocycles. The first-order valence-corrected chi connectivity index (χ1v) is 7.48. The Hall–Kier alpha value is -1.30. The Morgan fingerprint density at radius 1 is 1.37 bits per heavy atom. The summed E-state index contributed by atoms with van der Waals surface area (Å²) in [7, 11) is 0. The van der Waals surface area contributed by atoms with Crippen LogP contribution in [0.3, 0.4) is 0 Å². The van der Waals surface area contributed by atoms with Crippen LogP contribution in [0.15, 0.2) is 47.6 Å². The highest BCUT2D eigenvalue weighted by atomic mass is 32.2. The van der Waals surface area contributed by atoms with E-state index in [-0.39, 0.29) is 6.04 Å². The van der Waals surface area contributed by atoms with Gasteiger partial charge >= 0.3 is 0 Å². The molecule has 5 heteroatoms. The molecule has 2 aromatic rings. The lowest BCUT2D eigenvalue weighted by atomic mass is 10.3. The van der Waals surface area contributed by atoms with Crippen LogP contribution in [0.5, 0.6) is 0 Å². The summed E-state index contributed by atoms with van der Waals surface area (Å²) in [6.07, 6.45) is 4.94. The van der Waals surface area contributed by atoms with Crippen LogP contribution < -0.4 is 11.3 Å². The summed E-state index contributed by atoms with van der Waals surface area (Å²) < 4.78 is 2.16. The fraction of sp³-hybridized carbons (Fsp3) is 0.357. The molecule has 1 unspecified atom stereocenters. The number of nitrogens with two attached hydrogens (primary N) is 1. The third-order valence-corrected chi connectivity index (χ3v) is 3.99. The van der Waals surface area contributed by atoms with Crippen molar-refractivity contribution in [2.75, 3.05) is 5.75 Å². The van der Waals surface area contributed by atoms with Gasteiger partial charge in [-0.15, -0.1) is 11.8 Å². The smallest absolute Gasteiger partial charge is 0.128 e. The van der Waals surface area contributed by atoms with E-state index < -0.39 is 0 Å². The topological polar surface area (TPSA) is 55.9 Å². The molecule has 0 fully saturated rings. The molecule has 4 nitrogen and oxygen atoms in total. The van der Waals surface area contributed by atoms with E-state index in [2.05, 4.69) is 34.0 Å². The van der Waals surface area contributed by atoms with Crippen molar-refractivity contribution in [3.05, 3.63) is 48.5 Å². The van der Waals surface area contributed by atoms with Crippen LogP contribution in [-0.2, 0) is 6.54 Å². The van der Waals surface area contributed by atoms with Crippen molar-refractivity contribution in [3.8, 4) is 0 Å². The average Bonchev–Trinajstić information content (AvgIpc) is 2.90. The highest BCUT2D eigenvalue weighted by Gasteiger charge is 2.15. The second-order valence-corrected chi connectivity index (χ2v) is 5.42. The first-order chi connectivity index (χ1) is 9.35.